The lowest BCUT2D eigenvalue weighted by Crippen LogP contribution is -2.64. The van der Waals surface area contributed by atoms with E-state index in [1.807, 2.05) is 0 Å². The third-order valence-electron chi connectivity index (χ3n) is 4.23. The zero-order valence-corrected chi connectivity index (χ0v) is 11.3. The molecule has 2 N–H and O–H groups in total. The summed E-state index contributed by atoms with van der Waals surface area (Å²) in [6, 6.07) is 0.458. The van der Waals surface area contributed by atoms with Crippen LogP contribution in [-0.2, 0) is 9.47 Å². The highest BCUT2D eigenvalue weighted by molar-refractivity contribution is 4.99. The minimum absolute atomic E-state index is 0.120. The Kier molecular flexibility index (Phi) is 4.08. The van der Waals surface area contributed by atoms with Crippen LogP contribution >= 0.6 is 0 Å². The fourth-order valence-corrected chi connectivity index (χ4v) is 3.27. The zero-order chi connectivity index (χ0) is 12.5. The van der Waals surface area contributed by atoms with Crippen LogP contribution in [0, 0.1) is 0 Å². The molecule has 4 heteroatoms. The first-order valence-corrected chi connectivity index (χ1v) is 6.77. The lowest BCUT2D eigenvalue weighted by molar-refractivity contribution is -0.131. The second kappa shape index (κ2) is 5.22. The summed E-state index contributed by atoms with van der Waals surface area (Å²) in [6.07, 6.45) is 2.72. The standard InChI is InChI=1S/C13H26N2O2/c1-10-8-17-12(3)7-15(10)13(9-14)4-5-16-11(2)6-13/h10-12H,4-9,14H2,1-3H3. The lowest BCUT2D eigenvalue weighted by Gasteiger charge is -2.52. The second-order valence-electron chi connectivity index (χ2n) is 5.71. The van der Waals surface area contributed by atoms with Gasteiger partial charge in [0.25, 0.3) is 0 Å². The lowest BCUT2D eigenvalue weighted by atomic mass is 9.83. The maximum Gasteiger partial charge on any atom is 0.0675 e. The molecule has 0 bridgehead atoms. The number of hydrogen-bond donors (Lipinski definition) is 1. The number of morpholine rings is 1. The van der Waals surface area contributed by atoms with Gasteiger partial charge in [-0.3, -0.25) is 4.90 Å². The maximum absolute atomic E-state index is 6.10. The van der Waals surface area contributed by atoms with Gasteiger partial charge in [-0.05, 0) is 33.6 Å². The van der Waals surface area contributed by atoms with Crippen LogP contribution in [0.5, 0.6) is 0 Å². The molecule has 2 rings (SSSR count). The topological polar surface area (TPSA) is 47.7 Å². The van der Waals surface area contributed by atoms with Crippen LogP contribution < -0.4 is 5.73 Å². The van der Waals surface area contributed by atoms with E-state index in [1.165, 1.54) is 0 Å². The molecule has 0 aromatic carbocycles. The van der Waals surface area contributed by atoms with Crippen LogP contribution in [0.2, 0.25) is 0 Å². The van der Waals surface area contributed by atoms with Crippen molar-refractivity contribution in [1.29, 1.82) is 0 Å². The summed E-state index contributed by atoms with van der Waals surface area (Å²) in [5, 5.41) is 0. The summed E-state index contributed by atoms with van der Waals surface area (Å²) in [5.74, 6) is 0. The SMILES string of the molecule is CC1CN(C2(CN)CCOC(C)C2)C(C)CO1. The van der Waals surface area contributed by atoms with Crippen molar-refractivity contribution in [2.75, 3.05) is 26.3 Å². The van der Waals surface area contributed by atoms with Gasteiger partial charge < -0.3 is 15.2 Å². The molecular weight excluding hydrogens is 216 g/mol. The Morgan fingerprint density at radius 3 is 2.65 bits per heavy atom. The highest BCUT2D eigenvalue weighted by atomic mass is 16.5. The summed E-state index contributed by atoms with van der Waals surface area (Å²) < 4.78 is 11.4. The Morgan fingerprint density at radius 1 is 1.24 bits per heavy atom. The molecule has 0 radical (unpaired) electrons. The molecule has 17 heavy (non-hydrogen) atoms. The monoisotopic (exact) mass is 242 g/mol. The Morgan fingerprint density at radius 2 is 2.00 bits per heavy atom. The third-order valence-corrected chi connectivity index (χ3v) is 4.23. The zero-order valence-electron chi connectivity index (χ0n) is 11.3. The molecule has 2 saturated heterocycles. The van der Waals surface area contributed by atoms with Gasteiger partial charge in [0.2, 0.25) is 0 Å². The van der Waals surface area contributed by atoms with Crippen molar-refractivity contribution in [3.8, 4) is 0 Å². The molecule has 4 unspecified atom stereocenters. The Balaban J connectivity index is 2.14. The Hall–Kier alpha value is -0.160. The number of hydrogen-bond acceptors (Lipinski definition) is 4. The van der Waals surface area contributed by atoms with E-state index in [9.17, 15) is 0 Å². The van der Waals surface area contributed by atoms with Crippen molar-refractivity contribution in [2.24, 2.45) is 5.73 Å². The van der Waals surface area contributed by atoms with E-state index < -0.39 is 0 Å². The van der Waals surface area contributed by atoms with Crippen LogP contribution in [0.1, 0.15) is 33.6 Å². The van der Waals surface area contributed by atoms with Gasteiger partial charge >= 0.3 is 0 Å². The number of nitrogens with two attached hydrogens (primary N) is 1. The van der Waals surface area contributed by atoms with Crippen molar-refractivity contribution in [2.45, 2.75) is 57.4 Å². The van der Waals surface area contributed by atoms with Crippen LogP contribution in [0.25, 0.3) is 0 Å². The van der Waals surface area contributed by atoms with Crippen LogP contribution in [-0.4, -0.2) is 55.0 Å². The molecule has 0 aromatic heterocycles. The molecule has 0 aromatic rings. The molecule has 0 spiro atoms. The number of nitrogens with zero attached hydrogens (tertiary/aromatic N) is 1. The largest absolute Gasteiger partial charge is 0.378 e. The van der Waals surface area contributed by atoms with Gasteiger partial charge in [0.1, 0.15) is 0 Å². The van der Waals surface area contributed by atoms with E-state index in [2.05, 4.69) is 25.7 Å². The van der Waals surface area contributed by atoms with E-state index in [0.717, 1.165) is 39.1 Å². The minimum Gasteiger partial charge on any atom is -0.378 e. The average molecular weight is 242 g/mol. The molecule has 0 amide bonds. The van der Waals surface area contributed by atoms with Gasteiger partial charge in [-0.25, -0.2) is 0 Å². The summed E-state index contributed by atoms with van der Waals surface area (Å²) in [7, 11) is 0. The first kappa shape index (κ1) is 13.3. The van der Waals surface area contributed by atoms with Crippen molar-refractivity contribution < 1.29 is 9.47 Å². The quantitative estimate of drug-likeness (QED) is 0.784. The highest BCUT2D eigenvalue weighted by Crippen LogP contribution is 2.33. The van der Waals surface area contributed by atoms with Gasteiger partial charge in [-0.1, -0.05) is 0 Å². The average Bonchev–Trinajstić information content (AvgIpc) is 2.32. The molecule has 0 saturated carbocycles. The normalized spacial score (nSPS) is 44.8. The van der Waals surface area contributed by atoms with E-state index in [1.54, 1.807) is 0 Å². The fourth-order valence-electron chi connectivity index (χ4n) is 3.27. The van der Waals surface area contributed by atoms with Crippen LogP contribution in [0.4, 0.5) is 0 Å². The second-order valence-corrected chi connectivity index (χ2v) is 5.71. The van der Waals surface area contributed by atoms with Gasteiger partial charge in [0.15, 0.2) is 0 Å². The maximum atomic E-state index is 6.10. The third kappa shape index (κ3) is 2.65. The summed E-state index contributed by atoms with van der Waals surface area (Å²) in [5.41, 5.74) is 6.22. The minimum atomic E-state index is 0.120. The fraction of sp³-hybridized carbons (Fsp3) is 1.00. The Labute approximate surface area is 104 Å². The van der Waals surface area contributed by atoms with Crippen molar-refractivity contribution in [1.82, 2.24) is 4.90 Å². The first-order chi connectivity index (χ1) is 8.07. The summed E-state index contributed by atoms with van der Waals surface area (Å²) in [4.78, 5) is 2.57. The van der Waals surface area contributed by atoms with E-state index >= 15 is 0 Å². The summed E-state index contributed by atoms with van der Waals surface area (Å²) >= 11 is 0. The predicted octanol–water partition coefficient (Wildman–Crippen LogP) is 0.992. The van der Waals surface area contributed by atoms with Gasteiger partial charge in [-0.15, -0.1) is 0 Å². The Bertz CT molecular complexity index is 262. The van der Waals surface area contributed by atoms with E-state index in [0.29, 0.717) is 18.2 Å². The molecule has 2 aliphatic heterocycles. The highest BCUT2D eigenvalue weighted by Gasteiger charge is 2.43. The van der Waals surface area contributed by atoms with Crippen LogP contribution in [0.3, 0.4) is 0 Å². The molecule has 4 atom stereocenters. The molecule has 2 fully saturated rings. The van der Waals surface area contributed by atoms with Gasteiger partial charge in [0.05, 0.1) is 18.8 Å². The predicted molar refractivity (Wildman–Crippen MR) is 68.0 cm³/mol. The van der Waals surface area contributed by atoms with Crippen LogP contribution in [0.15, 0.2) is 0 Å². The molecule has 0 aliphatic carbocycles. The summed E-state index contributed by atoms with van der Waals surface area (Å²) in [6.45, 7) is 9.89. The van der Waals surface area contributed by atoms with Gasteiger partial charge in [-0.2, -0.15) is 0 Å². The first-order valence-electron chi connectivity index (χ1n) is 6.77. The molecule has 2 aliphatic rings. The van der Waals surface area contributed by atoms with Crippen molar-refractivity contribution >= 4 is 0 Å². The number of ether oxygens (including phenoxy) is 2. The molecule has 100 valence electrons. The van der Waals surface area contributed by atoms with E-state index in [4.69, 9.17) is 15.2 Å². The molecule has 2 heterocycles. The van der Waals surface area contributed by atoms with Gasteiger partial charge in [0, 0.05) is 31.3 Å². The van der Waals surface area contributed by atoms with E-state index in [-0.39, 0.29) is 5.54 Å². The molecular formula is C13H26N2O2. The molecule has 4 nitrogen and oxygen atoms in total. The van der Waals surface area contributed by atoms with Crippen molar-refractivity contribution in [3.05, 3.63) is 0 Å². The smallest absolute Gasteiger partial charge is 0.0675 e. The van der Waals surface area contributed by atoms with Crippen molar-refractivity contribution in [3.63, 3.8) is 0 Å². The number of rotatable bonds is 2.